The summed E-state index contributed by atoms with van der Waals surface area (Å²) in [6.07, 6.45) is 0.312. The molecule has 15 heavy (non-hydrogen) atoms. The van der Waals surface area contributed by atoms with Crippen LogP contribution in [0.15, 0.2) is 24.3 Å². The van der Waals surface area contributed by atoms with Gasteiger partial charge in [-0.05, 0) is 12.1 Å². The minimum absolute atomic E-state index is 0.0239. The zero-order chi connectivity index (χ0) is 11.3. The van der Waals surface area contributed by atoms with Crippen molar-refractivity contribution in [2.24, 2.45) is 0 Å². The average Bonchev–Trinajstić information content (AvgIpc) is 2.26. The molecule has 1 amide bonds. The highest BCUT2D eigenvalue weighted by molar-refractivity contribution is 5.74. The molecule has 0 aliphatic rings. The SMILES string of the molecule is CCC(=O)NOc1ccc([N+](=O)[O-])cc1. The molecule has 6 heteroatoms. The molecular formula is C9H10N2O4. The molecule has 1 aromatic carbocycles. The molecule has 0 atom stereocenters. The Morgan fingerprint density at radius 2 is 2.07 bits per heavy atom. The first-order valence-electron chi connectivity index (χ1n) is 4.33. The fourth-order valence-corrected chi connectivity index (χ4v) is 0.824. The van der Waals surface area contributed by atoms with Crippen molar-refractivity contribution in [3.8, 4) is 5.75 Å². The van der Waals surface area contributed by atoms with Crippen LogP contribution in [0.1, 0.15) is 13.3 Å². The molecule has 0 unspecified atom stereocenters. The van der Waals surface area contributed by atoms with Gasteiger partial charge in [-0.25, -0.2) is 0 Å². The van der Waals surface area contributed by atoms with Crippen LogP contribution in [0.3, 0.4) is 0 Å². The number of carbonyl (C=O) groups excluding carboxylic acids is 1. The van der Waals surface area contributed by atoms with Crippen LogP contribution in [-0.4, -0.2) is 10.8 Å². The van der Waals surface area contributed by atoms with Gasteiger partial charge >= 0.3 is 0 Å². The highest BCUT2D eigenvalue weighted by Gasteiger charge is 2.04. The zero-order valence-electron chi connectivity index (χ0n) is 8.10. The molecule has 0 aliphatic carbocycles. The van der Waals surface area contributed by atoms with E-state index in [1.165, 1.54) is 24.3 Å². The van der Waals surface area contributed by atoms with Crippen LogP contribution in [0, 0.1) is 10.1 Å². The maximum atomic E-state index is 10.8. The van der Waals surface area contributed by atoms with E-state index in [0.29, 0.717) is 12.2 Å². The van der Waals surface area contributed by atoms with E-state index >= 15 is 0 Å². The summed E-state index contributed by atoms with van der Waals surface area (Å²) in [6, 6.07) is 5.42. The number of carbonyl (C=O) groups is 1. The van der Waals surface area contributed by atoms with Crippen molar-refractivity contribution < 1.29 is 14.6 Å². The third-order valence-corrected chi connectivity index (χ3v) is 1.65. The Bertz CT molecular complexity index is 361. The van der Waals surface area contributed by atoms with Gasteiger partial charge in [-0.2, -0.15) is 5.48 Å². The second-order valence-corrected chi connectivity index (χ2v) is 2.73. The molecule has 0 heterocycles. The topological polar surface area (TPSA) is 81.5 Å². The number of rotatable bonds is 4. The van der Waals surface area contributed by atoms with Gasteiger partial charge in [-0.15, -0.1) is 0 Å². The third-order valence-electron chi connectivity index (χ3n) is 1.65. The largest absolute Gasteiger partial charge is 0.380 e. The summed E-state index contributed by atoms with van der Waals surface area (Å²) in [5.41, 5.74) is 2.16. The summed E-state index contributed by atoms with van der Waals surface area (Å²) in [4.78, 5) is 25.5. The molecular weight excluding hydrogens is 200 g/mol. The van der Waals surface area contributed by atoms with Gasteiger partial charge in [0.1, 0.15) is 0 Å². The number of hydrogen-bond donors (Lipinski definition) is 1. The van der Waals surface area contributed by atoms with Gasteiger partial charge < -0.3 is 4.84 Å². The van der Waals surface area contributed by atoms with Crippen molar-refractivity contribution in [3.05, 3.63) is 34.4 Å². The molecule has 0 aliphatic heterocycles. The van der Waals surface area contributed by atoms with Crippen molar-refractivity contribution in [1.82, 2.24) is 5.48 Å². The van der Waals surface area contributed by atoms with E-state index in [2.05, 4.69) is 5.48 Å². The lowest BCUT2D eigenvalue weighted by Crippen LogP contribution is -2.25. The summed E-state index contributed by atoms with van der Waals surface area (Å²) in [6.45, 7) is 1.69. The number of hydrogen-bond acceptors (Lipinski definition) is 4. The highest BCUT2D eigenvalue weighted by Crippen LogP contribution is 2.16. The zero-order valence-corrected chi connectivity index (χ0v) is 8.10. The van der Waals surface area contributed by atoms with Crippen molar-refractivity contribution >= 4 is 11.6 Å². The second-order valence-electron chi connectivity index (χ2n) is 2.73. The monoisotopic (exact) mass is 210 g/mol. The van der Waals surface area contributed by atoms with E-state index in [1.54, 1.807) is 6.92 Å². The molecule has 1 N–H and O–H groups in total. The van der Waals surface area contributed by atoms with Gasteiger partial charge in [0, 0.05) is 18.6 Å². The second kappa shape index (κ2) is 4.94. The van der Waals surface area contributed by atoms with Crippen molar-refractivity contribution in [2.75, 3.05) is 0 Å². The van der Waals surface area contributed by atoms with E-state index in [-0.39, 0.29) is 11.6 Å². The van der Waals surface area contributed by atoms with Crippen LogP contribution in [0.25, 0.3) is 0 Å². The van der Waals surface area contributed by atoms with Gasteiger partial charge in [0.2, 0.25) is 0 Å². The minimum Gasteiger partial charge on any atom is -0.380 e. The maximum Gasteiger partial charge on any atom is 0.269 e. The number of non-ortho nitro benzene ring substituents is 1. The Balaban J connectivity index is 2.57. The maximum absolute atomic E-state index is 10.8. The molecule has 0 fully saturated rings. The number of nitro benzene ring substituents is 1. The number of hydroxylamine groups is 1. The minimum atomic E-state index is -0.506. The van der Waals surface area contributed by atoms with Gasteiger partial charge in [-0.1, -0.05) is 6.92 Å². The summed E-state index contributed by atoms with van der Waals surface area (Å²) in [5.74, 6) is 0.0933. The molecule has 0 saturated heterocycles. The number of nitrogens with one attached hydrogen (secondary N) is 1. The summed E-state index contributed by atoms with van der Waals surface area (Å²) >= 11 is 0. The van der Waals surface area contributed by atoms with Gasteiger partial charge in [0.05, 0.1) is 4.92 Å². The first-order valence-corrected chi connectivity index (χ1v) is 4.33. The molecule has 1 rings (SSSR count). The van der Waals surface area contributed by atoms with E-state index in [9.17, 15) is 14.9 Å². The Hall–Kier alpha value is -2.11. The fraction of sp³-hybridized carbons (Fsp3) is 0.222. The first kappa shape index (κ1) is 11.0. The van der Waals surface area contributed by atoms with E-state index in [4.69, 9.17) is 4.84 Å². The van der Waals surface area contributed by atoms with Crippen LogP contribution in [0.2, 0.25) is 0 Å². The molecule has 1 aromatic rings. The van der Waals surface area contributed by atoms with Crippen LogP contribution in [0.5, 0.6) is 5.75 Å². The quantitative estimate of drug-likeness (QED) is 0.601. The van der Waals surface area contributed by atoms with Crippen molar-refractivity contribution in [3.63, 3.8) is 0 Å². The molecule has 0 spiro atoms. The van der Waals surface area contributed by atoms with Crippen LogP contribution < -0.4 is 10.3 Å². The normalized spacial score (nSPS) is 9.40. The molecule has 0 aromatic heterocycles. The summed E-state index contributed by atoms with van der Waals surface area (Å²) in [5, 5.41) is 10.3. The molecule has 80 valence electrons. The Morgan fingerprint density at radius 3 is 2.53 bits per heavy atom. The third kappa shape index (κ3) is 3.26. The molecule has 6 nitrogen and oxygen atoms in total. The van der Waals surface area contributed by atoms with E-state index in [0.717, 1.165) is 0 Å². The Morgan fingerprint density at radius 1 is 1.47 bits per heavy atom. The Kier molecular flexibility index (Phi) is 3.61. The highest BCUT2D eigenvalue weighted by atomic mass is 16.7. The number of benzene rings is 1. The van der Waals surface area contributed by atoms with Crippen LogP contribution >= 0.6 is 0 Å². The lowest BCUT2D eigenvalue weighted by Gasteiger charge is -2.04. The van der Waals surface area contributed by atoms with Crippen LogP contribution in [-0.2, 0) is 4.79 Å². The number of nitrogens with zero attached hydrogens (tertiary/aromatic N) is 1. The predicted molar refractivity (Wildman–Crippen MR) is 52.2 cm³/mol. The fourth-order valence-electron chi connectivity index (χ4n) is 0.824. The smallest absolute Gasteiger partial charge is 0.269 e. The molecule has 0 bridgehead atoms. The van der Waals surface area contributed by atoms with Crippen molar-refractivity contribution in [1.29, 1.82) is 0 Å². The predicted octanol–water partition coefficient (Wildman–Crippen LogP) is 1.41. The standard InChI is InChI=1S/C9H10N2O4/c1-2-9(12)10-15-8-5-3-7(4-6-8)11(13)14/h3-6H,2H2,1H3,(H,10,12). The van der Waals surface area contributed by atoms with Gasteiger partial charge in [0.25, 0.3) is 11.6 Å². The average molecular weight is 210 g/mol. The van der Waals surface area contributed by atoms with E-state index in [1.807, 2.05) is 0 Å². The number of amides is 1. The lowest BCUT2D eigenvalue weighted by molar-refractivity contribution is -0.384. The number of nitro groups is 1. The van der Waals surface area contributed by atoms with Gasteiger partial charge in [-0.3, -0.25) is 14.9 Å². The molecule has 0 saturated carbocycles. The summed E-state index contributed by atoms with van der Waals surface area (Å²) < 4.78 is 0. The first-order chi connectivity index (χ1) is 7.13. The van der Waals surface area contributed by atoms with Crippen molar-refractivity contribution in [2.45, 2.75) is 13.3 Å². The van der Waals surface area contributed by atoms with E-state index < -0.39 is 4.92 Å². The summed E-state index contributed by atoms with van der Waals surface area (Å²) in [7, 11) is 0. The lowest BCUT2D eigenvalue weighted by atomic mass is 10.3. The Labute approximate surface area is 86.0 Å². The van der Waals surface area contributed by atoms with Crippen LogP contribution in [0.4, 0.5) is 5.69 Å². The molecule has 0 radical (unpaired) electrons. The van der Waals surface area contributed by atoms with Gasteiger partial charge in [0.15, 0.2) is 5.75 Å².